The third-order valence-electron chi connectivity index (χ3n) is 3.31. The molecule has 0 aliphatic heterocycles. The summed E-state index contributed by atoms with van der Waals surface area (Å²) in [5.41, 5.74) is 1.98. The van der Waals surface area contributed by atoms with E-state index in [2.05, 4.69) is 0 Å². The Morgan fingerprint density at radius 1 is 0.864 bits per heavy atom. The van der Waals surface area contributed by atoms with Crippen molar-refractivity contribution in [2.24, 2.45) is 0 Å². The Hall–Kier alpha value is -2.69. The monoisotopic (exact) mass is 302 g/mol. The average Bonchev–Trinajstić information content (AvgIpc) is 2.59. The Morgan fingerprint density at radius 2 is 1.45 bits per heavy atom. The molecule has 0 spiro atoms. The average molecular weight is 302 g/mol. The van der Waals surface area contributed by atoms with E-state index in [-0.39, 0.29) is 0 Å². The van der Waals surface area contributed by atoms with E-state index in [1.54, 1.807) is 45.6 Å². The second-order valence-electron chi connectivity index (χ2n) is 4.45. The lowest BCUT2D eigenvalue weighted by atomic mass is 9.99. The summed E-state index contributed by atoms with van der Waals surface area (Å²) < 4.78 is 20.8. The van der Waals surface area contributed by atoms with Gasteiger partial charge in [0.1, 0.15) is 0 Å². The van der Waals surface area contributed by atoms with Crippen LogP contribution in [0.3, 0.4) is 0 Å². The van der Waals surface area contributed by atoms with Crippen molar-refractivity contribution in [2.45, 2.75) is 0 Å². The fraction of sp³-hybridized carbons (Fsp3) is 0.235. The molecular weight excluding hydrogens is 284 g/mol. The molecule has 0 heterocycles. The second kappa shape index (κ2) is 6.85. The lowest BCUT2D eigenvalue weighted by Gasteiger charge is -2.15. The van der Waals surface area contributed by atoms with Gasteiger partial charge in [0.2, 0.25) is 5.75 Å². The highest BCUT2D eigenvalue weighted by molar-refractivity contribution is 5.97. The third kappa shape index (κ3) is 2.83. The largest absolute Gasteiger partial charge is 0.493 e. The van der Waals surface area contributed by atoms with E-state index < -0.39 is 5.97 Å². The number of hydrogen-bond acceptors (Lipinski definition) is 5. The number of benzene rings is 2. The minimum Gasteiger partial charge on any atom is -0.493 e. The molecule has 0 N–H and O–H groups in total. The smallest absolute Gasteiger partial charge is 0.338 e. The molecule has 2 aromatic carbocycles. The SMILES string of the molecule is COC(=O)c1ccccc1-c1cc(OC)c(OC)c(OC)c1. The first-order valence-corrected chi connectivity index (χ1v) is 6.64. The summed E-state index contributed by atoms with van der Waals surface area (Å²) in [5, 5.41) is 0. The van der Waals surface area contributed by atoms with Crippen LogP contribution >= 0.6 is 0 Å². The Kier molecular flexibility index (Phi) is 4.88. The van der Waals surface area contributed by atoms with Crippen LogP contribution in [0.1, 0.15) is 10.4 Å². The van der Waals surface area contributed by atoms with Gasteiger partial charge >= 0.3 is 5.97 Å². The van der Waals surface area contributed by atoms with Gasteiger partial charge in [-0.05, 0) is 29.3 Å². The molecule has 0 aliphatic rings. The normalized spacial score (nSPS) is 10.0. The highest BCUT2D eigenvalue weighted by Crippen LogP contribution is 2.41. The van der Waals surface area contributed by atoms with Crippen LogP contribution in [0.15, 0.2) is 36.4 Å². The van der Waals surface area contributed by atoms with E-state index in [0.29, 0.717) is 22.8 Å². The maximum absolute atomic E-state index is 11.9. The fourth-order valence-corrected chi connectivity index (χ4v) is 2.26. The number of rotatable bonds is 5. The van der Waals surface area contributed by atoms with E-state index in [9.17, 15) is 4.79 Å². The number of carbonyl (C=O) groups is 1. The van der Waals surface area contributed by atoms with Gasteiger partial charge in [-0.2, -0.15) is 0 Å². The number of esters is 1. The van der Waals surface area contributed by atoms with Crippen LogP contribution in [0, 0.1) is 0 Å². The Balaban J connectivity index is 2.66. The molecule has 116 valence electrons. The predicted octanol–water partition coefficient (Wildman–Crippen LogP) is 3.17. The summed E-state index contributed by atoms with van der Waals surface area (Å²) in [6, 6.07) is 10.8. The maximum atomic E-state index is 11.9. The van der Waals surface area contributed by atoms with Gasteiger partial charge in [-0.1, -0.05) is 18.2 Å². The van der Waals surface area contributed by atoms with Gasteiger partial charge < -0.3 is 18.9 Å². The molecule has 0 amide bonds. The third-order valence-corrected chi connectivity index (χ3v) is 3.31. The van der Waals surface area contributed by atoms with E-state index in [4.69, 9.17) is 18.9 Å². The summed E-state index contributed by atoms with van der Waals surface area (Å²) in [6.07, 6.45) is 0. The molecule has 0 fully saturated rings. The summed E-state index contributed by atoms with van der Waals surface area (Å²) >= 11 is 0. The van der Waals surface area contributed by atoms with Gasteiger partial charge in [0, 0.05) is 0 Å². The molecule has 0 aliphatic carbocycles. The Labute approximate surface area is 129 Å². The van der Waals surface area contributed by atoms with Crippen LogP contribution in [0.4, 0.5) is 0 Å². The Morgan fingerprint density at radius 3 is 1.95 bits per heavy atom. The molecule has 0 saturated carbocycles. The van der Waals surface area contributed by atoms with Crippen molar-refractivity contribution in [3.63, 3.8) is 0 Å². The summed E-state index contributed by atoms with van der Waals surface area (Å²) in [5.74, 6) is 1.15. The number of hydrogen-bond donors (Lipinski definition) is 0. The standard InChI is InChI=1S/C17H18O5/c1-19-14-9-11(10-15(20-2)16(14)21-3)12-7-5-6-8-13(12)17(18)22-4/h5-10H,1-4H3. The first kappa shape index (κ1) is 15.7. The zero-order chi connectivity index (χ0) is 16.1. The zero-order valence-corrected chi connectivity index (χ0v) is 13.0. The van der Waals surface area contributed by atoms with E-state index >= 15 is 0 Å². The van der Waals surface area contributed by atoms with Crippen molar-refractivity contribution in [1.82, 2.24) is 0 Å². The minimum absolute atomic E-state index is 0.399. The highest BCUT2D eigenvalue weighted by atomic mass is 16.5. The topological polar surface area (TPSA) is 54.0 Å². The quantitative estimate of drug-likeness (QED) is 0.794. The van der Waals surface area contributed by atoms with Crippen LogP contribution in [-0.2, 0) is 4.74 Å². The lowest BCUT2D eigenvalue weighted by molar-refractivity contribution is 0.0601. The first-order chi connectivity index (χ1) is 10.7. The molecule has 22 heavy (non-hydrogen) atoms. The lowest BCUT2D eigenvalue weighted by Crippen LogP contribution is -2.03. The number of ether oxygens (including phenoxy) is 4. The van der Waals surface area contributed by atoms with Crippen molar-refractivity contribution in [1.29, 1.82) is 0 Å². The summed E-state index contributed by atoms with van der Waals surface area (Å²) in [7, 11) is 6.00. The van der Waals surface area contributed by atoms with Crippen molar-refractivity contribution in [2.75, 3.05) is 28.4 Å². The molecule has 5 nitrogen and oxygen atoms in total. The van der Waals surface area contributed by atoms with Crippen LogP contribution in [-0.4, -0.2) is 34.4 Å². The molecule has 0 saturated heterocycles. The van der Waals surface area contributed by atoms with Crippen molar-refractivity contribution < 1.29 is 23.7 Å². The maximum Gasteiger partial charge on any atom is 0.338 e. The van der Waals surface area contributed by atoms with Gasteiger partial charge in [-0.25, -0.2) is 4.79 Å². The first-order valence-electron chi connectivity index (χ1n) is 6.64. The fourth-order valence-electron chi connectivity index (χ4n) is 2.26. The molecule has 0 bridgehead atoms. The van der Waals surface area contributed by atoms with Gasteiger partial charge in [0.25, 0.3) is 0 Å². The molecule has 5 heteroatoms. The van der Waals surface area contributed by atoms with E-state index in [1.165, 1.54) is 7.11 Å². The zero-order valence-electron chi connectivity index (χ0n) is 13.0. The molecule has 0 radical (unpaired) electrons. The van der Waals surface area contributed by atoms with Crippen LogP contribution in [0.5, 0.6) is 17.2 Å². The predicted molar refractivity (Wildman–Crippen MR) is 82.9 cm³/mol. The van der Waals surface area contributed by atoms with E-state index in [1.807, 2.05) is 12.1 Å². The molecule has 2 rings (SSSR count). The van der Waals surface area contributed by atoms with Crippen molar-refractivity contribution >= 4 is 5.97 Å². The number of methoxy groups -OCH3 is 4. The molecule has 2 aromatic rings. The minimum atomic E-state index is -0.399. The van der Waals surface area contributed by atoms with Gasteiger partial charge in [0.05, 0.1) is 34.0 Å². The van der Waals surface area contributed by atoms with Crippen LogP contribution in [0.25, 0.3) is 11.1 Å². The molecule has 0 unspecified atom stereocenters. The summed E-state index contributed by atoms with van der Waals surface area (Å²) in [6.45, 7) is 0. The molecule has 0 atom stereocenters. The molecule has 0 aromatic heterocycles. The van der Waals surface area contributed by atoms with Gasteiger partial charge in [-0.3, -0.25) is 0 Å². The second-order valence-corrected chi connectivity index (χ2v) is 4.45. The molecular formula is C17H18O5. The van der Waals surface area contributed by atoms with Crippen molar-refractivity contribution in [3.8, 4) is 28.4 Å². The van der Waals surface area contributed by atoms with Gasteiger partial charge in [0.15, 0.2) is 11.5 Å². The van der Waals surface area contributed by atoms with Gasteiger partial charge in [-0.15, -0.1) is 0 Å². The van der Waals surface area contributed by atoms with E-state index in [0.717, 1.165) is 11.1 Å². The van der Waals surface area contributed by atoms with Crippen molar-refractivity contribution in [3.05, 3.63) is 42.0 Å². The highest BCUT2D eigenvalue weighted by Gasteiger charge is 2.18. The summed E-state index contributed by atoms with van der Waals surface area (Å²) in [4.78, 5) is 11.9. The van der Waals surface area contributed by atoms with Crippen LogP contribution in [0.2, 0.25) is 0 Å². The number of carbonyl (C=O) groups excluding carboxylic acids is 1. The Bertz CT molecular complexity index is 653. The van der Waals surface area contributed by atoms with Crippen LogP contribution < -0.4 is 14.2 Å².